The van der Waals surface area contributed by atoms with Gasteiger partial charge in [-0.2, -0.15) is 7.11 Å². The van der Waals surface area contributed by atoms with Crippen molar-refractivity contribution in [2.45, 2.75) is 66.2 Å². The summed E-state index contributed by atoms with van der Waals surface area (Å²) in [5.41, 5.74) is 18.6. The zero-order valence-corrected chi connectivity index (χ0v) is 40.1. The Morgan fingerprint density at radius 2 is 1.19 bits per heavy atom. The second-order valence-electron chi connectivity index (χ2n) is 18.7. The number of hydrogen-bond donors (Lipinski definition) is 0. The van der Waals surface area contributed by atoms with Crippen LogP contribution in [0.5, 0.6) is 5.75 Å². The molecule has 0 saturated heterocycles. The molecule has 0 N–H and O–H groups in total. The Labute approximate surface area is 393 Å². The molecule has 0 saturated carbocycles. The Morgan fingerprint density at radius 3 is 1.81 bits per heavy atom. The minimum absolute atomic E-state index is 0. The van der Waals surface area contributed by atoms with Gasteiger partial charge in [-0.1, -0.05) is 168 Å². The molecule has 4 nitrogen and oxygen atoms in total. The van der Waals surface area contributed by atoms with Crippen molar-refractivity contribution in [1.82, 2.24) is 14.5 Å². The van der Waals surface area contributed by atoms with Crippen molar-refractivity contribution < 1.29 is 25.8 Å². The minimum Gasteiger partial charge on any atom is -0.665 e. The predicted molar refractivity (Wildman–Crippen MR) is 263 cm³/mol. The smallest absolute Gasteiger partial charge is 0.665 e. The van der Waals surface area contributed by atoms with Gasteiger partial charge in [0.05, 0.1) is 28.0 Å². The second kappa shape index (κ2) is 17.7. The fraction of sp³-hybridized carbons (Fsp3) is 0.169. The van der Waals surface area contributed by atoms with Crippen LogP contribution in [0.4, 0.5) is 0 Å². The van der Waals surface area contributed by atoms with Gasteiger partial charge in [0, 0.05) is 17.5 Å². The summed E-state index contributed by atoms with van der Waals surface area (Å²) < 4.78 is 8.35. The van der Waals surface area contributed by atoms with Crippen LogP contribution in [-0.4, -0.2) is 14.5 Å². The van der Waals surface area contributed by atoms with Crippen LogP contribution in [-0.2, 0) is 31.9 Å². The first-order valence-electron chi connectivity index (χ1n) is 21.7. The van der Waals surface area contributed by atoms with Gasteiger partial charge in [0.15, 0.2) is 0 Å². The van der Waals surface area contributed by atoms with Crippen LogP contribution in [0.2, 0.25) is 0 Å². The van der Waals surface area contributed by atoms with Gasteiger partial charge in [0.2, 0.25) is 0 Å². The van der Waals surface area contributed by atoms with Crippen molar-refractivity contribution in [2.75, 3.05) is 0 Å². The van der Waals surface area contributed by atoms with Gasteiger partial charge in [-0.25, -0.2) is 4.98 Å². The van der Waals surface area contributed by atoms with E-state index in [9.17, 15) is 0 Å². The van der Waals surface area contributed by atoms with Crippen LogP contribution in [0.1, 0.15) is 63.8 Å². The minimum atomic E-state index is -0.152. The Bertz CT molecular complexity index is 3120. The van der Waals surface area contributed by atoms with Crippen LogP contribution in [0.3, 0.4) is 0 Å². The number of ether oxygens (including phenoxy) is 1. The molecule has 0 unspecified atom stereocenters. The second-order valence-corrected chi connectivity index (χ2v) is 18.7. The van der Waals surface area contributed by atoms with E-state index in [2.05, 4.69) is 225 Å². The number of imidazole rings is 1. The molecule has 5 heteroatoms. The van der Waals surface area contributed by atoms with Gasteiger partial charge in [-0.3, -0.25) is 9.55 Å². The third kappa shape index (κ3) is 8.52. The SMILES string of the molecule is [CH2-]Oc1c(C)cc(C)cc1-c1nc2c(-c3[c-]c(-c4cc(-c5ccccc5)ccn4)cc(C(C)(C)C)c3)cccc2n1-c1cc(-c2ccccc2)c(C(C)(C)C)cc1-c1ccccc1.[Pt+2]. The fourth-order valence-electron chi connectivity index (χ4n) is 8.83. The van der Waals surface area contributed by atoms with Crippen LogP contribution in [0.15, 0.2) is 164 Å². The van der Waals surface area contributed by atoms with E-state index in [1.165, 1.54) is 16.7 Å². The van der Waals surface area contributed by atoms with Crippen molar-refractivity contribution in [3.63, 3.8) is 0 Å². The molecule has 64 heavy (non-hydrogen) atoms. The van der Waals surface area contributed by atoms with Crippen molar-refractivity contribution >= 4 is 11.0 Å². The Morgan fingerprint density at radius 1 is 0.562 bits per heavy atom. The van der Waals surface area contributed by atoms with E-state index < -0.39 is 0 Å². The third-order valence-corrected chi connectivity index (χ3v) is 12.0. The zero-order chi connectivity index (χ0) is 44.0. The first-order chi connectivity index (χ1) is 30.3. The van der Waals surface area contributed by atoms with Crippen LogP contribution in [0.25, 0.3) is 83.9 Å². The number of pyridine rings is 1. The standard InChI is InChI=1S/C59H53N3O.Pt/c1-38-30-39(2)56(63-9)50(31-38)57-61-55-47(44-32-45(34-46(33-44)58(3,4)5)52-35-43(28-29-60-52)40-20-13-10-14-21-40)26-19-27-53(55)62(57)54-37-48(41-22-15-11-16-23-41)51(59(6,7)8)36-49(54)42-24-17-12-18-25-42;/h10-31,33-37H,9H2,1-8H3;/q-2;+2. The van der Waals surface area contributed by atoms with Crippen molar-refractivity contribution in [3.05, 3.63) is 199 Å². The van der Waals surface area contributed by atoms with Gasteiger partial charge in [-0.15, -0.1) is 29.3 Å². The molecule has 2 heterocycles. The van der Waals surface area contributed by atoms with E-state index in [1.54, 1.807) is 0 Å². The number of rotatable bonds is 8. The largest absolute Gasteiger partial charge is 2.00 e. The number of fused-ring (bicyclic) bond motifs is 1. The number of aromatic nitrogens is 3. The Kier molecular flexibility index (Phi) is 12.2. The van der Waals surface area contributed by atoms with Crippen LogP contribution in [0, 0.1) is 27.0 Å². The van der Waals surface area contributed by atoms with E-state index in [1.807, 2.05) is 12.3 Å². The Balaban J connectivity index is 0.00000560. The van der Waals surface area contributed by atoms with Gasteiger partial charge in [-0.05, 0) is 99.5 Å². The number of benzene rings is 7. The van der Waals surface area contributed by atoms with Gasteiger partial charge >= 0.3 is 21.1 Å². The molecule has 0 aliphatic heterocycles. The maximum absolute atomic E-state index is 6.00. The molecule has 0 spiro atoms. The van der Waals surface area contributed by atoms with Crippen LogP contribution < -0.4 is 4.74 Å². The maximum Gasteiger partial charge on any atom is 2.00 e. The molecule has 0 fully saturated rings. The van der Waals surface area contributed by atoms with Crippen LogP contribution >= 0.6 is 0 Å². The van der Waals surface area contributed by atoms with Gasteiger partial charge < -0.3 is 4.74 Å². The van der Waals surface area contributed by atoms with E-state index in [4.69, 9.17) is 14.7 Å². The van der Waals surface area contributed by atoms with Crippen molar-refractivity contribution in [1.29, 1.82) is 0 Å². The molecular weight excluding hydrogens is 962 g/mol. The molecule has 0 bridgehead atoms. The van der Waals surface area contributed by atoms with Gasteiger partial charge in [0.25, 0.3) is 0 Å². The fourth-order valence-corrected chi connectivity index (χ4v) is 8.83. The van der Waals surface area contributed by atoms with E-state index in [0.29, 0.717) is 5.75 Å². The molecule has 2 aromatic heterocycles. The molecule has 9 rings (SSSR count). The molecular formula is C59H53N3OPt. The molecule has 320 valence electrons. The monoisotopic (exact) mass is 1010 g/mol. The summed E-state index contributed by atoms with van der Waals surface area (Å²) in [6.07, 6.45) is 1.90. The predicted octanol–water partition coefficient (Wildman–Crippen LogP) is 15.6. The van der Waals surface area contributed by atoms with Gasteiger partial charge in [0.1, 0.15) is 5.82 Å². The summed E-state index contributed by atoms with van der Waals surface area (Å²) in [6.45, 7) is 17.9. The molecule has 0 atom stereocenters. The summed E-state index contributed by atoms with van der Waals surface area (Å²) in [6, 6.07) is 60.1. The first-order valence-corrected chi connectivity index (χ1v) is 21.7. The average Bonchev–Trinajstić information content (AvgIpc) is 3.68. The molecule has 9 aromatic rings. The number of para-hydroxylation sites is 1. The maximum atomic E-state index is 6.00. The Hall–Kier alpha value is -6.35. The summed E-state index contributed by atoms with van der Waals surface area (Å²) in [5.74, 6) is 1.47. The quantitative estimate of drug-likeness (QED) is 0.142. The molecule has 0 aliphatic rings. The summed E-state index contributed by atoms with van der Waals surface area (Å²) in [7, 11) is 3.96. The summed E-state index contributed by atoms with van der Waals surface area (Å²) in [4.78, 5) is 10.6. The molecule has 7 aromatic carbocycles. The van der Waals surface area contributed by atoms with Crippen molar-refractivity contribution in [3.8, 4) is 78.6 Å². The number of hydrogen-bond acceptors (Lipinski definition) is 3. The molecule has 0 amide bonds. The average molecular weight is 1020 g/mol. The zero-order valence-electron chi connectivity index (χ0n) is 37.9. The number of nitrogens with zero attached hydrogens (tertiary/aromatic N) is 3. The summed E-state index contributed by atoms with van der Waals surface area (Å²) in [5, 5.41) is 0. The van der Waals surface area contributed by atoms with Crippen molar-refractivity contribution in [2.24, 2.45) is 0 Å². The number of aryl methyl sites for hydroxylation is 2. The summed E-state index contributed by atoms with van der Waals surface area (Å²) >= 11 is 0. The first kappa shape index (κ1) is 44.3. The van der Waals surface area contributed by atoms with E-state index >= 15 is 0 Å². The van der Waals surface area contributed by atoms with E-state index in [-0.39, 0.29) is 31.9 Å². The molecule has 0 radical (unpaired) electrons. The normalized spacial score (nSPS) is 11.7. The topological polar surface area (TPSA) is 39.9 Å². The third-order valence-electron chi connectivity index (χ3n) is 12.0. The van der Waals surface area contributed by atoms with E-state index in [0.717, 1.165) is 89.4 Å². The molecule has 0 aliphatic carbocycles.